The molecular formula is C13H19BrFN. The van der Waals surface area contributed by atoms with E-state index in [0.29, 0.717) is 12.0 Å². The molecule has 0 amide bonds. The van der Waals surface area contributed by atoms with Crippen LogP contribution in [0.25, 0.3) is 0 Å². The van der Waals surface area contributed by atoms with Crippen molar-refractivity contribution in [1.29, 1.82) is 0 Å². The molecule has 1 aromatic carbocycles. The molecule has 0 radical (unpaired) electrons. The minimum Gasteiger partial charge on any atom is -0.317 e. The Balaban J connectivity index is 2.60. The summed E-state index contributed by atoms with van der Waals surface area (Å²) in [7, 11) is 1.99. The largest absolute Gasteiger partial charge is 0.317 e. The molecule has 1 N–H and O–H groups in total. The van der Waals surface area contributed by atoms with E-state index in [2.05, 4.69) is 35.1 Å². The second kappa shape index (κ2) is 6.36. The van der Waals surface area contributed by atoms with E-state index < -0.39 is 0 Å². The highest BCUT2D eigenvalue weighted by Gasteiger charge is 2.11. The lowest BCUT2D eigenvalue weighted by Crippen LogP contribution is -2.31. The molecule has 0 aliphatic rings. The molecular weight excluding hydrogens is 269 g/mol. The normalized spacial score (nSPS) is 13.1. The Morgan fingerprint density at radius 1 is 1.38 bits per heavy atom. The topological polar surface area (TPSA) is 12.0 Å². The van der Waals surface area contributed by atoms with E-state index in [-0.39, 0.29) is 5.82 Å². The van der Waals surface area contributed by atoms with E-state index in [1.807, 2.05) is 13.1 Å². The fraction of sp³-hybridized carbons (Fsp3) is 0.538. The number of hydrogen-bond acceptors (Lipinski definition) is 1. The van der Waals surface area contributed by atoms with Gasteiger partial charge in [-0.25, -0.2) is 4.39 Å². The van der Waals surface area contributed by atoms with Gasteiger partial charge in [0.1, 0.15) is 5.82 Å². The maximum absolute atomic E-state index is 12.9. The van der Waals surface area contributed by atoms with Crippen LogP contribution in [0.2, 0.25) is 0 Å². The Labute approximate surface area is 106 Å². The van der Waals surface area contributed by atoms with Gasteiger partial charge in [0, 0.05) is 10.5 Å². The van der Waals surface area contributed by atoms with Crippen LogP contribution in [0.1, 0.15) is 25.8 Å². The first kappa shape index (κ1) is 13.7. The molecule has 0 heterocycles. The van der Waals surface area contributed by atoms with E-state index in [4.69, 9.17) is 0 Å². The number of benzene rings is 1. The van der Waals surface area contributed by atoms with Gasteiger partial charge in [0.2, 0.25) is 0 Å². The average Bonchev–Trinajstić information content (AvgIpc) is 2.21. The van der Waals surface area contributed by atoms with Crippen LogP contribution in [0.3, 0.4) is 0 Å². The number of rotatable bonds is 5. The standard InChI is InChI=1S/C13H19BrFN/c1-9(2)13(16-3)7-5-10-4-6-11(15)8-12(10)14/h4,6,8-9,13,16H,5,7H2,1-3H3. The Bertz CT molecular complexity index is 339. The van der Waals surface area contributed by atoms with Crippen molar-refractivity contribution in [1.82, 2.24) is 5.32 Å². The Hall–Kier alpha value is -0.410. The Morgan fingerprint density at radius 2 is 2.06 bits per heavy atom. The van der Waals surface area contributed by atoms with Crippen molar-refractivity contribution in [2.24, 2.45) is 5.92 Å². The molecule has 0 aliphatic carbocycles. The van der Waals surface area contributed by atoms with Gasteiger partial charge in [0.05, 0.1) is 0 Å². The van der Waals surface area contributed by atoms with Crippen LogP contribution in [-0.2, 0) is 6.42 Å². The molecule has 0 fully saturated rings. The zero-order chi connectivity index (χ0) is 12.1. The third-order valence-corrected chi connectivity index (χ3v) is 3.65. The fourth-order valence-electron chi connectivity index (χ4n) is 1.85. The predicted molar refractivity (Wildman–Crippen MR) is 70.1 cm³/mol. The van der Waals surface area contributed by atoms with E-state index in [1.165, 1.54) is 17.7 Å². The highest BCUT2D eigenvalue weighted by molar-refractivity contribution is 9.10. The van der Waals surface area contributed by atoms with E-state index >= 15 is 0 Å². The highest BCUT2D eigenvalue weighted by atomic mass is 79.9. The van der Waals surface area contributed by atoms with Crippen LogP contribution in [0, 0.1) is 11.7 Å². The van der Waals surface area contributed by atoms with E-state index in [1.54, 1.807) is 0 Å². The molecule has 0 saturated carbocycles. The molecule has 3 heteroatoms. The molecule has 0 bridgehead atoms. The summed E-state index contributed by atoms with van der Waals surface area (Å²) in [6.07, 6.45) is 2.03. The van der Waals surface area contributed by atoms with Crippen molar-refractivity contribution in [2.75, 3.05) is 7.05 Å². The van der Waals surface area contributed by atoms with Crippen LogP contribution in [0.4, 0.5) is 4.39 Å². The van der Waals surface area contributed by atoms with Gasteiger partial charge in [0.15, 0.2) is 0 Å². The van der Waals surface area contributed by atoms with Crippen LogP contribution >= 0.6 is 15.9 Å². The van der Waals surface area contributed by atoms with Crippen molar-refractivity contribution >= 4 is 15.9 Å². The predicted octanol–water partition coefficient (Wildman–Crippen LogP) is 3.76. The average molecular weight is 288 g/mol. The van der Waals surface area contributed by atoms with Gasteiger partial charge in [-0.2, -0.15) is 0 Å². The molecule has 1 aromatic rings. The summed E-state index contributed by atoms with van der Waals surface area (Å²) in [6, 6.07) is 5.41. The second-order valence-electron chi connectivity index (χ2n) is 4.41. The van der Waals surface area contributed by atoms with E-state index in [9.17, 15) is 4.39 Å². The first-order valence-electron chi connectivity index (χ1n) is 5.65. The molecule has 0 spiro atoms. The van der Waals surface area contributed by atoms with Crippen LogP contribution in [0.15, 0.2) is 22.7 Å². The molecule has 1 nitrogen and oxygen atoms in total. The second-order valence-corrected chi connectivity index (χ2v) is 5.27. The summed E-state index contributed by atoms with van der Waals surface area (Å²) in [5.74, 6) is 0.425. The summed E-state index contributed by atoms with van der Waals surface area (Å²) in [5, 5.41) is 3.31. The quantitative estimate of drug-likeness (QED) is 0.869. The Morgan fingerprint density at radius 3 is 2.56 bits per heavy atom. The lowest BCUT2D eigenvalue weighted by atomic mass is 9.97. The molecule has 16 heavy (non-hydrogen) atoms. The number of aryl methyl sites for hydroxylation is 1. The van der Waals surface area contributed by atoms with Crippen LogP contribution < -0.4 is 5.32 Å². The zero-order valence-corrected chi connectivity index (χ0v) is 11.6. The molecule has 1 atom stereocenters. The first-order chi connectivity index (χ1) is 7.54. The summed E-state index contributed by atoms with van der Waals surface area (Å²) in [6.45, 7) is 4.42. The molecule has 0 aromatic heterocycles. The lowest BCUT2D eigenvalue weighted by Gasteiger charge is -2.20. The fourth-order valence-corrected chi connectivity index (χ4v) is 2.40. The summed E-state index contributed by atoms with van der Waals surface area (Å²) in [4.78, 5) is 0. The van der Waals surface area contributed by atoms with E-state index in [0.717, 1.165) is 17.3 Å². The number of hydrogen-bond donors (Lipinski definition) is 1. The van der Waals surface area contributed by atoms with Crippen LogP contribution in [-0.4, -0.2) is 13.1 Å². The van der Waals surface area contributed by atoms with Crippen molar-refractivity contribution < 1.29 is 4.39 Å². The van der Waals surface area contributed by atoms with Crippen molar-refractivity contribution in [2.45, 2.75) is 32.7 Å². The summed E-state index contributed by atoms with van der Waals surface area (Å²) < 4.78 is 13.8. The van der Waals surface area contributed by atoms with Gasteiger partial charge in [0.25, 0.3) is 0 Å². The van der Waals surface area contributed by atoms with Crippen molar-refractivity contribution in [3.05, 3.63) is 34.1 Å². The highest BCUT2D eigenvalue weighted by Crippen LogP contribution is 2.20. The summed E-state index contributed by atoms with van der Waals surface area (Å²) >= 11 is 3.40. The maximum Gasteiger partial charge on any atom is 0.124 e. The van der Waals surface area contributed by atoms with Crippen molar-refractivity contribution in [3.8, 4) is 0 Å². The van der Waals surface area contributed by atoms with Gasteiger partial charge < -0.3 is 5.32 Å². The van der Waals surface area contributed by atoms with Crippen LogP contribution in [0.5, 0.6) is 0 Å². The third kappa shape index (κ3) is 3.87. The first-order valence-corrected chi connectivity index (χ1v) is 6.45. The maximum atomic E-state index is 12.9. The monoisotopic (exact) mass is 287 g/mol. The number of halogens is 2. The smallest absolute Gasteiger partial charge is 0.124 e. The number of nitrogens with one attached hydrogen (secondary N) is 1. The lowest BCUT2D eigenvalue weighted by molar-refractivity contribution is 0.402. The minimum atomic E-state index is -0.190. The third-order valence-electron chi connectivity index (χ3n) is 2.92. The molecule has 0 saturated heterocycles. The van der Waals surface area contributed by atoms with Gasteiger partial charge in [-0.1, -0.05) is 35.8 Å². The van der Waals surface area contributed by atoms with Gasteiger partial charge >= 0.3 is 0 Å². The van der Waals surface area contributed by atoms with Gasteiger partial charge in [-0.3, -0.25) is 0 Å². The SMILES string of the molecule is CNC(CCc1ccc(F)cc1Br)C(C)C. The minimum absolute atomic E-state index is 0.190. The Kier molecular flexibility index (Phi) is 5.42. The molecule has 0 aliphatic heterocycles. The zero-order valence-electron chi connectivity index (χ0n) is 10.1. The van der Waals surface area contributed by atoms with Gasteiger partial charge in [-0.15, -0.1) is 0 Å². The van der Waals surface area contributed by atoms with Gasteiger partial charge in [-0.05, 0) is 43.5 Å². The van der Waals surface area contributed by atoms with Crippen molar-refractivity contribution in [3.63, 3.8) is 0 Å². The molecule has 90 valence electrons. The summed E-state index contributed by atoms with van der Waals surface area (Å²) in [5.41, 5.74) is 1.17. The molecule has 1 rings (SSSR count). The molecule has 1 unspecified atom stereocenters.